The molecule has 1 heterocycles. The molecule has 2 aromatic rings. The maximum Gasteiger partial charge on any atom is 0.265 e. The third kappa shape index (κ3) is 5.79. The SMILES string of the molecule is CN(C)c1ccc(C=Cc2cccc[n+]2CCCS(=O)(=O)O)cc1. The van der Waals surface area contributed by atoms with Crippen LogP contribution in [0.4, 0.5) is 5.69 Å². The number of anilines is 1. The fourth-order valence-corrected chi connectivity index (χ4v) is 2.82. The zero-order valence-electron chi connectivity index (χ0n) is 14.0. The van der Waals surface area contributed by atoms with Crippen LogP contribution >= 0.6 is 0 Å². The van der Waals surface area contributed by atoms with Crippen molar-refractivity contribution < 1.29 is 17.5 Å². The van der Waals surface area contributed by atoms with Crippen LogP contribution in [0, 0.1) is 0 Å². The van der Waals surface area contributed by atoms with E-state index in [-0.39, 0.29) is 5.75 Å². The molecule has 6 heteroatoms. The Labute approximate surface area is 143 Å². The second-order valence-corrected chi connectivity index (χ2v) is 7.35. The van der Waals surface area contributed by atoms with Crippen molar-refractivity contribution in [1.29, 1.82) is 0 Å². The van der Waals surface area contributed by atoms with Gasteiger partial charge >= 0.3 is 0 Å². The number of hydrogen-bond donors (Lipinski definition) is 1. The van der Waals surface area contributed by atoms with Crippen LogP contribution in [0.15, 0.2) is 48.7 Å². The molecule has 0 bridgehead atoms. The summed E-state index contributed by atoms with van der Waals surface area (Å²) >= 11 is 0. The van der Waals surface area contributed by atoms with Crippen molar-refractivity contribution in [2.24, 2.45) is 0 Å². The minimum absolute atomic E-state index is 0.232. The molecular formula is C18H23N2O3S+. The Morgan fingerprint density at radius 2 is 1.79 bits per heavy atom. The lowest BCUT2D eigenvalue weighted by Crippen LogP contribution is -2.37. The molecule has 0 aliphatic rings. The highest BCUT2D eigenvalue weighted by Gasteiger charge is 2.10. The molecule has 1 aromatic heterocycles. The smallest absolute Gasteiger partial charge is 0.265 e. The van der Waals surface area contributed by atoms with Gasteiger partial charge in [0.05, 0.1) is 5.75 Å². The Morgan fingerprint density at radius 3 is 2.42 bits per heavy atom. The largest absolute Gasteiger partial charge is 0.378 e. The van der Waals surface area contributed by atoms with Gasteiger partial charge in [0.25, 0.3) is 10.1 Å². The summed E-state index contributed by atoms with van der Waals surface area (Å²) in [6, 6.07) is 14.0. The predicted octanol–water partition coefficient (Wildman–Crippen LogP) is 2.49. The Bertz CT molecular complexity index is 797. The van der Waals surface area contributed by atoms with Gasteiger partial charge in [-0.25, -0.2) is 0 Å². The van der Waals surface area contributed by atoms with E-state index >= 15 is 0 Å². The summed E-state index contributed by atoms with van der Waals surface area (Å²) in [6.07, 6.45) is 6.29. The van der Waals surface area contributed by atoms with Crippen molar-refractivity contribution >= 4 is 28.0 Å². The summed E-state index contributed by atoms with van der Waals surface area (Å²) in [5.41, 5.74) is 3.21. The van der Waals surface area contributed by atoms with Crippen LogP contribution in [-0.4, -0.2) is 32.8 Å². The molecule has 0 fully saturated rings. The van der Waals surface area contributed by atoms with Gasteiger partial charge in [0.2, 0.25) is 5.69 Å². The van der Waals surface area contributed by atoms with Gasteiger partial charge in [-0.2, -0.15) is 13.0 Å². The number of hydrogen-bond acceptors (Lipinski definition) is 3. The molecule has 0 saturated carbocycles. The molecule has 0 unspecified atom stereocenters. The number of nitrogens with zero attached hydrogens (tertiary/aromatic N) is 2. The number of aromatic nitrogens is 1. The highest BCUT2D eigenvalue weighted by atomic mass is 32.2. The van der Waals surface area contributed by atoms with Gasteiger partial charge in [-0.15, -0.1) is 0 Å². The molecule has 0 radical (unpaired) electrons. The van der Waals surface area contributed by atoms with Crippen molar-refractivity contribution in [2.45, 2.75) is 13.0 Å². The van der Waals surface area contributed by atoms with Crippen molar-refractivity contribution in [3.63, 3.8) is 0 Å². The predicted molar refractivity (Wildman–Crippen MR) is 97.4 cm³/mol. The first-order valence-electron chi connectivity index (χ1n) is 7.74. The Kier molecular flexibility index (Phi) is 6.11. The molecule has 1 aromatic carbocycles. The average molecular weight is 347 g/mol. The fraction of sp³-hybridized carbons (Fsp3) is 0.278. The van der Waals surface area contributed by atoms with Gasteiger partial charge in [0.15, 0.2) is 6.20 Å². The topological polar surface area (TPSA) is 61.5 Å². The second-order valence-electron chi connectivity index (χ2n) is 5.78. The van der Waals surface area contributed by atoms with E-state index in [1.807, 2.05) is 60.1 Å². The zero-order valence-corrected chi connectivity index (χ0v) is 14.8. The van der Waals surface area contributed by atoms with Crippen LogP contribution in [0.25, 0.3) is 12.2 Å². The highest BCUT2D eigenvalue weighted by Crippen LogP contribution is 2.14. The number of pyridine rings is 1. The molecular weight excluding hydrogens is 324 g/mol. The third-order valence-corrected chi connectivity index (χ3v) is 4.44. The van der Waals surface area contributed by atoms with E-state index in [9.17, 15) is 8.42 Å². The van der Waals surface area contributed by atoms with Gasteiger partial charge in [0.1, 0.15) is 6.54 Å². The maximum absolute atomic E-state index is 10.8. The molecule has 2 rings (SSSR count). The lowest BCUT2D eigenvalue weighted by molar-refractivity contribution is -0.698. The van der Waals surface area contributed by atoms with E-state index in [0.29, 0.717) is 13.0 Å². The Balaban J connectivity index is 2.08. The number of benzene rings is 1. The molecule has 0 amide bonds. The third-order valence-electron chi connectivity index (χ3n) is 3.63. The van der Waals surface area contributed by atoms with Gasteiger partial charge in [0, 0.05) is 44.4 Å². The molecule has 24 heavy (non-hydrogen) atoms. The summed E-state index contributed by atoms with van der Waals surface area (Å²) < 4.78 is 32.4. The normalized spacial score (nSPS) is 11.8. The highest BCUT2D eigenvalue weighted by molar-refractivity contribution is 7.85. The first-order chi connectivity index (χ1) is 11.3. The zero-order chi connectivity index (χ0) is 17.6. The Morgan fingerprint density at radius 1 is 1.08 bits per heavy atom. The van der Waals surface area contributed by atoms with E-state index in [2.05, 4.69) is 24.3 Å². The van der Waals surface area contributed by atoms with Crippen LogP contribution in [0.1, 0.15) is 17.7 Å². The van der Waals surface area contributed by atoms with Gasteiger partial charge < -0.3 is 4.90 Å². The van der Waals surface area contributed by atoms with Crippen molar-refractivity contribution in [3.05, 3.63) is 59.9 Å². The van der Waals surface area contributed by atoms with Crippen molar-refractivity contribution in [2.75, 3.05) is 24.7 Å². The summed E-state index contributed by atoms with van der Waals surface area (Å²) in [5.74, 6) is -0.232. The molecule has 0 aliphatic heterocycles. The molecule has 0 saturated heterocycles. The quantitative estimate of drug-likeness (QED) is 0.617. The van der Waals surface area contributed by atoms with Crippen LogP contribution in [0.5, 0.6) is 0 Å². The fourth-order valence-electron chi connectivity index (χ4n) is 2.33. The molecule has 1 N–H and O–H groups in total. The van der Waals surface area contributed by atoms with Gasteiger partial charge in [-0.1, -0.05) is 12.1 Å². The van der Waals surface area contributed by atoms with E-state index < -0.39 is 10.1 Å². The standard InChI is InChI=1S/C18H22N2O3S/c1-19(2)17-10-7-16(8-11-17)9-12-18-6-3-4-13-20(18)14-5-15-24(21,22)23/h3-4,6-13H,5,14-15H2,1-2H3/p+1. The van der Waals surface area contributed by atoms with E-state index in [1.54, 1.807) is 0 Å². The van der Waals surface area contributed by atoms with Crippen molar-refractivity contribution in [1.82, 2.24) is 0 Å². The van der Waals surface area contributed by atoms with Crippen LogP contribution in [0.2, 0.25) is 0 Å². The van der Waals surface area contributed by atoms with Crippen LogP contribution in [0.3, 0.4) is 0 Å². The summed E-state index contributed by atoms with van der Waals surface area (Å²) in [5, 5.41) is 0. The van der Waals surface area contributed by atoms with E-state index in [4.69, 9.17) is 4.55 Å². The average Bonchev–Trinajstić information content (AvgIpc) is 2.53. The van der Waals surface area contributed by atoms with E-state index in [0.717, 1.165) is 16.9 Å². The van der Waals surface area contributed by atoms with E-state index in [1.165, 1.54) is 0 Å². The molecule has 5 nitrogen and oxygen atoms in total. The molecule has 0 spiro atoms. The first-order valence-corrected chi connectivity index (χ1v) is 9.35. The summed E-state index contributed by atoms with van der Waals surface area (Å²) in [6.45, 7) is 0.528. The molecule has 0 aliphatic carbocycles. The van der Waals surface area contributed by atoms with Crippen LogP contribution in [-0.2, 0) is 16.7 Å². The van der Waals surface area contributed by atoms with Gasteiger partial charge in [-0.05, 0) is 29.8 Å². The monoisotopic (exact) mass is 347 g/mol. The minimum atomic E-state index is -3.91. The number of aryl methyl sites for hydroxylation is 1. The van der Waals surface area contributed by atoms with Gasteiger partial charge in [-0.3, -0.25) is 4.55 Å². The lowest BCUT2D eigenvalue weighted by atomic mass is 10.1. The number of rotatable bonds is 7. The molecule has 0 atom stereocenters. The molecule has 128 valence electrons. The minimum Gasteiger partial charge on any atom is -0.378 e. The second kappa shape index (κ2) is 8.08. The van der Waals surface area contributed by atoms with Crippen molar-refractivity contribution in [3.8, 4) is 0 Å². The maximum atomic E-state index is 10.8. The van der Waals surface area contributed by atoms with Crippen LogP contribution < -0.4 is 9.47 Å². The lowest BCUT2D eigenvalue weighted by Gasteiger charge is -2.11. The first kappa shape index (κ1) is 18.2. The summed E-state index contributed by atoms with van der Waals surface area (Å²) in [7, 11) is 0.0997. The summed E-state index contributed by atoms with van der Waals surface area (Å²) in [4.78, 5) is 2.05. The Hall–Kier alpha value is -2.18.